The maximum atomic E-state index is 13.3. The number of anilines is 1. The molecule has 210 valence electrons. The Kier molecular flexibility index (Phi) is 10.2. The van der Waals surface area contributed by atoms with Crippen LogP contribution in [0.2, 0.25) is 0 Å². The van der Waals surface area contributed by atoms with E-state index in [4.69, 9.17) is 14.3 Å². The monoisotopic (exact) mass is 528 g/mol. The van der Waals surface area contributed by atoms with Crippen molar-refractivity contribution < 1.29 is 23.9 Å². The van der Waals surface area contributed by atoms with E-state index in [0.29, 0.717) is 18.5 Å². The fourth-order valence-electron chi connectivity index (χ4n) is 5.45. The summed E-state index contributed by atoms with van der Waals surface area (Å²) in [4.78, 5) is 39.7. The number of hydroxylamine groups is 1. The van der Waals surface area contributed by atoms with Gasteiger partial charge < -0.3 is 9.47 Å². The Morgan fingerprint density at radius 3 is 2.50 bits per heavy atom. The number of pyridine rings is 1. The lowest BCUT2D eigenvalue weighted by Crippen LogP contribution is -2.46. The van der Waals surface area contributed by atoms with Crippen molar-refractivity contribution in [2.75, 3.05) is 24.6 Å². The lowest BCUT2D eigenvalue weighted by Gasteiger charge is -2.32. The van der Waals surface area contributed by atoms with Crippen LogP contribution in [0, 0.1) is 0 Å². The zero-order chi connectivity index (χ0) is 27.0. The number of likely N-dealkylation sites (tertiary alicyclic amines) is 1. The molecule has 1 saturated carbocycles. The molecule has 2 amide bonds. The van der Waals surface area contributed by atoms with Crippen molar-refractivity contribution in [2.45, 2.75) is 109 Å². The van der Waals surface area contributed by atoms with Gasteiger partial charge in [0.25, 0.3) is 5.91 Å². The summed E-state index contributed by atoms with van der Waals surface area (Å²) < 4.78 is 11.2. The van der Waals surface area contributed by atoms with Crippen molar-refractivity contribution in [1.82, 2.24) is 15.4 Å². The third kappa shape index (κ3) is 8.51. The number of nitrogens with one attached hydrogen (secondary N) is 1. The summed E-state index contributed by atoms with van der Waals surface area (Å²) in [5, 5.41) is 0. The molecule has 0 spiro atoms. The number of aromatic nitrogens is 1. The SMILES string of the molecule is CC(C)(C)OC(=O)N(c1ccc(C=CC(=O)NOC2CCCCO2)cn1)[C@@H]1CCN(C2CCCCCC2)C1. The molecule has 1 aliphatic carbocycles. The quantitative estimate of drug-likeness (QED) is 0.295. The van der Waals surface area contributed by atoms with Crippen molar-refractivity contribution in [3.05, 3.63) is 30.0 Å². The third-order valence-electron chi connectivity index (χ3n) is 7.36. The summed E-state index contributed by atoms with van der Waals surface area (Å²) in [5.41, 5.74) is 2.56. The van der Waals surface area contributed by atoms with Gasteiger partial charge >= 0.3 is 6.09 Å². The van der Waals surface area contributed by atoms with Crippen molar-refractivity contribution in [3.8, 4) is 0 Å². The first-order chi connectivity index (χ1) is 18.3. The summed E-state index contributed by atoms with van der Waals surface area (Å²) in [6, 6.07) is 4.28. The largest absolute Gasteiger partial charge is 0.443 e. The molecule has 1 aromatic heterocycles. The molecule has 1 aromatic rings. The first-order valence-corrected chi connectivity index (χ1v) is 14.3. The van der Waals surface area contributed by atoms with Crippen LogP contribution in [0.15, 0.2) is 24.4 Å². The Morgan fingerprint density at radius 1 is 1.08 bits per heavy atom. The van der Waals surface area contributed by atoms with Gasteiger partial charge in [-0.1, -0.05) is 25.7 Å². The molecular weight excluding hydrogens is 484 g/mol. The highest BCUT2D eigenvalue weighted by Gasteiger charge is 2.37. The minimum absolute atomic E-state index is 0.00641. The molecule has 3 heterocycles. The lowest BCUT2D eigenvalue weighted by molar-refractivity contribution is -0.198. The average molecular weight is 529 g/mol. The Labute approximate surface area is 226 Å². The zero-order valence-corrected chi connectivity index (χ0v) is 23.2. The van der Waals surface area contributed by atoms with Gasteiger partial charge in [0.15, 0.2) is 6.29 Å². The highest BCUT2D eigenvalue weighted by Crippen LogP contribution is 2.29. The van der Waals surface area contributed by atoms with E-state index in [1.54, 1.807) is 17.2 Å². The smallest absolute Gasteiger partial charge is 0.416 e. The van der Waals surface area contributed by atoms with Crippen molar-refractivity contribution in [1.29, 1.82) is 0 Å². The van der Waals surface area contributed by atoms with E-state index in [9.17, 15) is 9.59 Å². The number of ether oxygens (including phenoxy) is 2. The van der Waals surface area contributed by atoms with E-state index in [-0.39, 0.29) is 18.0 Å². The molecule has 1 N–H and O–H groups in total. The summed E-state index contributed by atoms with van der Waals surface area (Å²) in [5.74, 6) is 0.189. The molecule has 9 heteroatoms. The van der Waals surface area contributed by atoms with Crippen molar-refractivity contribution in [3.63, 3.8) is 0 Å². The van der Waals surface area contributed by atoms with Gasteiger partial charge in [0.1, 0.15) is 11.4 Å². The van der Waals surface area contributed by atoms with Crippen LogP contribution in [0.3, 0.4) is 0 Å². The molecule has 0 radical (unpaired) electrons. The van der Waals surface area contributed by atoms with E-state index in [1.165, 1.54) is 44.6 Å². The standard InChI is InChI=1S/C29H44N4O5/c1-29(2,3)37-28(35)33(24-17-18-32(21-24)23-10-6-4-5-7-11-23)25-15-13-22(20-30-25)14-16-26(34)31-38-27-12-8-9-19-36-27/h13-16,20,23-24,27H,4-12,17-19,21H2,1-3H3,(H,31,34)/t24-,27?/m1/s1. The Hall–Kier alpha value is -2.49. The van der Waals surface area contributed by atoms with Gasteiger partial charge in [0, 0.05) is 44.4 Å². The number of hydrogen-bond acceptors (Lipinski definition) is 7. The van der Waals surface area contributed by atoms with Gasteiger partial charge in [-0.3, -0.25) is 14.6 Å². The van der Waals surface area contributed by atoms with Gasteiger partial charge in [-0.05, 0) is 76.6 Å². The summed E-state index contributed by atoms with van der Waals surface area (Å²) in [7, 11) is 0. The molecule has 2 aliphatic heterocycles. The molecule has 9 nitrogen and oxygen atoms in total. The number of carbonyl (C=O) groups excluding carboxylic acids is 2. The van der Waals surface area contributed by atoms with E-state index >= 15 is 0 Å². The predicted molar refractivity (Wildman–Crippen MR) is 146 cm³/mol. The van der Waals surface area contributed by atoms with E-state index in [1.807, 2.05) is 32.9 Å². The van der Waals surface area contributed by atoms with Crippen LogP contribution in [0.4, 0.5) is 10.6 Å². The fraction of sp³-hybridized carbons (Fsp3) is 0.690. The second-order valence-electron chi connectivity index (χ2n) is 11.6. The minimum atomic E-state index is -0.601. The molecule has 0 bridgehead atoms. The first-order valence-electron chi connectivity index (χ1n) is 14.3. The molecule has 1 unspecified atom stereocenters. The highest BCUT2D eigenvalue weighted by atomic mass is 16.8. The first kappa shape index (κ1) is 28.5. The summed E-state index contributed by atoms with van der Waals surface area (Å²) >= 11 is 0. The maximum Gasteiger partial charge on any atom is 0.416 e. The van der Waals surface area contributed by atoms with Gasteiger partial charge in [0.2, 0.25) is 0 Å². The second kappa shape index (κ2) is 13.5. The maximum absolute atomic E-state index is 13.3. The number of nitrogens with zero attached hydrogens (tertiary/aromatic N) is 3. The summed E-state index contributed by atoms with van der Waals surface area (Å²) in [6.45, 7) is 8.11. The third-order valence-corrected chi connectivity index (χ3v) is 7.36. The Morgan fingerprint density at radius 2 is 1.84 bits per heavy atom. The van der Waals surface area contributed by atoms with Gasteiger partial charge in [-0.15, -0.1) is 0 Å². The van der Waals surface area contributed by atoms with Crippen LogP contribution >= 0.6 is 0 Å². The fourth-order valence-corrected chi connectivity index (χ4v) is 5.45. The van der Waals surface area contributed by atoms with E-state index in [2.05, 4.69) is 15.4 Å². The van der Waals surface area contributed by atoms with Crippen LogP contribution in [0.1, 0.15) is 90.5 Å². The molecule has 2 saturated heterocycles. The molecule has 0 aromatic carbocycles. The highest BCUT2D eigenvalue weighted by molar-refractivity contribution is 5.91. The minimum Gasteiger partial charge on any atom is -0.443 e. The van der Waals surface area contributed by atoms with Crippen LogP contribution in [-0.4, -0.2) is 65.6 Å². The van der Waals surface area contributed by atoms with E-state index in [0.717, 1.165) is 44.3 Å². The van der Waals surface area contributed by atoms with E-state index < -0.39 is 11.9 Å². The molecule has 2 atom stereocenters. The van der Waals surface area contributed by atoms with Crippen molar-refractivity contribution >= 4 is 23.9 Å². The number of amides is 2. The van der Waals surface area contributed by atoms with Gasteiger partial charge in [-0.2, -0.15) is 0 Å². The number of carbonyl (C=O) groups is 2. The molecular formula is C29H44N4O5. The van der Waals surface area contributed by atoms with Crippen LogP contribution in [-0.2, 0) is 19.1 Å². The van der Waals surface area contributed by atoms with Crippen LogP contribution in [0.25, 0.3) is 6.08 Å². The number of rotatable bonds is 7. The van der Waals surface area contributed by atoms with Gasteiger partial charge in [0.05, 0.1) is 6.04 Å². The molecule has 3 aliphatic rings. The van der Waals surface area contributed by atoms with Crippen molar-refractivity contribution in [2.24, 2.45) is 0 Å². The topological polar surface area (TPSA) is 93.2 Å². The lowest BCUT2D eigenvalue weighted by atomic mass is 10.1. The Bertz CT molecular complexity index is 931. The van der Waals surface area contributed by atoms with Gasteiger partial charge in [-0.25, -0.2) is 20.1 Å². The predicted octanol–water partition coefficient (Wildman–Crippen LogP) is 5.21. The van der Waals surface area contributed by atoms with Crippen LogP contribution < -0.4 is 10.4 Å². The van der Waals surface area contributed by atoms with Crippen LogP contribution in [0.5, 0.6) is 0 Å². The second-order valence-corrected chi connectivity index (χ2v) is 11.6. The molecule has 3 fully saturated rings. The average Bonchev–Trinajstić information content (AvgIpc) is 3.20. The molecule has 38 heavy (non-hydrogen) atoms. The Balaban J connectivity index is 1.39. The number of hydrogen-bond donors (Lipinski definition) is 1. The molecule has 4 rings (SSSR count). The zero-order valence-electron chi connectivity index (χ0n) is 23.2. The summed E-state index contributed by atoms with van der Waals surface area (Å²) in [6.07, 6.45) is 15.4. The normalized spacial score (nSPS) is 23.8.